The van der Waals surface area contributed by atoms with E-state index in [0.29, 0.717) is 0 Å². The smallest absolute Gasteiger partial charge is 0.0534 e. The van der Waals surface area contributed by atoms with E-state index in [2.05, 4.69) is 77.5 Å². The maximum atomic E-state index is 3.08. The van der Waals surface area contributed by atoms with Crippen molar-refractivity contribution in [3.05, 3.63) is 91.1 Å². The van der Waals surface area contributed by atoms with Crippen molar-refractivity contribution in [2.24, 2.45) is 0 Å². The molecule has 3 aromatic carbocycles. The predicted molar refractivity (Wildman–Crippen MR) is 87.5 cm³/mol. The largest absolute Gasteiger partial charge is 0.316 e. The van der Waals surface area contributed by atoms with E-state index in [9.17, 15) is 0 Å². The molecule has 0 aliphatic rings. The first kappa shape index (κ1) is 12.0. The minimum atomic E-state index is 1.18. The van der Waals surface area contributed by atoms with Gasteiger partial charge in [-0.15, -0.1) is 0 Å². The van der Waals surface area contributed by atoms with E-state index >= 15 is 0 Å². The monoisotopic (exact) mass is 268 g/mol. The fourth-order valence-corrected chi connectivity index (χ4v) is 2.78. The van der Waals surface area contributed by atoms with Gasteiger partial charge in [-0.05, 0) is 29.8 Å². The van der Waals surface area contributed by atoms with Gasteiger partial charge in [-0.25, -0.2) is 0 Å². The lowest BCUT2D eigenvalue weighted by Crippen LogP contribution is -1.90. The van der Waals surface area contributed by atoms with Crippen molar-refractivity contribution in [1.82, 2.24) is 4.57 Å². The Bertz CT molecular complexity index is 800. The van der Waals surface area contributed by atoms with Crippen LogP contribution in [0, 0.1) is 6.07 Å². The topological polar surface area (TPSA) is 4.93 Å². The van der Waals surface area contributed by atoms with Crippen LogP contribution in [0.1, 0.15) is 0 Å². The summed E-state index contributed by atoms with van der Waals surface area (Å²) in [4.78, 5) is 0. The van der Waals surface area contributed by atoms with Gasteiger partial charge in [-0.2, -0.15) is 0 Å². The van der Waals surface area contributed by atoms with Crippen LogP contribution in [0.3, 0.4) is 0 Å². The molecule has 0 saturated carbocycles. The van der Waals surface area contributed by atoms with Gasteiger partial charge in [-0.1, -0.05) is 60.7 Å². The first-order chi connectivity index (χ1) is 10.4. The lowest BCUT2D eigenvalue weighted by Gasteiger charge is -2.04. The summed E-state index contributed by atoms with van der Waals surface area (Å²) in [7, 11) is 0. The molecule has 1 radical (unpaired) electrons. The van der Waals surface area contributed by atoms with Crippen molar-refractivity contribution in [1.29, 1.82) is 0 Å². The van der Waals surface area contributed by atoms with E-state index in [4.69, 9.17) is 0 Å². The van der Waals surface area contributed by atoms with E-state index in [1.165, 1.54) is 27.7 Å². The third kappa shape index (κ3) is 2.03. The van der Waals surface area contributed by atoms with Crippen LogP contribution in [-0.2, 0) is 0 Å². The van der Waals surface area contributed by atoms with Crippen molar-refractivity contribution in [2.75, 3.05) is 0 Å². The lowest BCUT2D eigenvalue weighted by molar-refractivity contribution is 1.13. The van der Waals surface area contributed by atoms with E-state index < -0.39 is 0 Å². The normalized spacial score (nSPS) is 10.9. The molecule has 21 heavy (non-hydrogen) atoms. The van der Waals surface area contributed by atoms with Gasteiger partial charge in [-0.3, -0.25) is 0 Å². The summed E-state index contributed by atoms with van der Waals surface area (Å²) in [6.07, 6.45) is 2.22. The van der Waals surface area contributed by atoms with Crippen LogP contribution in [-0.4, -0.2) is 4.57 Å². The zero-order valence-electron chi connectivity index (χ0n) is 11.5. The van der Waals surface area contributed by atoms with Gasteiger partial charge >= 0.3 is 0 Å². The minimum absolute atomic E-state index is 1.18. The Kier molecular flexibility index (Phi) is 2.82. The van der Waals surface area contributed by atoms with Crippen LogP contribution in [0.15, 0.2) is 85.1 Å². The Hall–Kier alpha value is -2.80. The summed E-state index contributed by atoms with van der Waals surface area (Å²) >= 11 is 0. The van der Waals surface area contributed by atoms with Crippen LogP contribution >= 0.6 is 0 Å². The Labute approximate surface area is 124 Å². The zero-order valence-corrected chi connectivity index (χ0v) is 11.5. The number of nitrogens with zero attached hydrogens (tertiary/aromatic N) is 1. The highest BCUT2D eigenvalue weighted by molar-refractivity contribution is 5.97. The Morgan fingerprint density at radius 1 is 0.714 bits per heavy atom. The van der Waals surface area contributed by atoms with Crippen molar-refractivity contribution in [3.8, 4) is 16.8 Å². The summed E-state index contributed by atoms with van der Waals surface area (Å²) in [6.45, 7) is 0. The first-order valence-corrected chi connectivity index (χ1v) is 7.05. The highest BCUT2D eigenvalue weighted by Gasteiger charge is 2.10. The summed E-state index contributed by atoms with van der Waals surface area (Å²) in [5, 5.41) is 1.27. The van der Waals surface area contributed by atoms with Gasteiger partial charge < -0.3 is 4.57 Å². The van der Waals surface area contributed by atoms with Gasteiger partial charge in [0.2, 0.25) is 0 Å². The second-order valence-corrected chi connectivity index (χ2v) is 5.05. The molecule has 0 atom stereocenters. The fourth-order valence-electron chi connectivity index (χ4n) is 2.78. The van der Waals surface area contributed by atoms with Crippen LogP contribution < -0.4 is 0 Å². The maximum absolute atomic E-state index is 3.08. The highest BCUT2D eigenvalue weighted by Crippen LogP contribution is 2.32. The van der Waals surface area contributed by atoms with Crippen LogP contribution in [0.4, 0.5) is 0 Å². The summed E-state index contributed by atoms with van der Waals surface area (Å²) in [6, 6.07) is 30.2. The summed E-state index contributed by atoms with van der Waals surface area (Å²) in [5.74, 6) is 0. The highest BCUT2D eigenvalue weighted by atomic mass is 15.0. The molecule has 1 aromatic heterocycles. The van der Waals surface area contributed by atoms with E-state index in [1.54, 1.807) is 0 Å². The van der Waals surface area contributed by atoms with Gasteiger partial charge in [0.1, 0.15) is 0 Å². The number of hydrogen-bond acceptors (Lipinski definition) is 0. The molecule has 0 bridgehead atoms. The number of hydrogen-bond donors (Lipinski definition) is 0. The molecule has 0 aliphatic carbocycles. The molecular formula is C20H14N. The van der Waals surface area contributed by atoms with E-state index in [0.717, 1.165) is 0 Å². The fraction of sp³-hybridized carbons (Fsp3) is 0. The van der Waals surface area contributed by atoms with Gasteiger partial charge in [0, 0.05) is 22.8 Å². The number of para-hydroxylation sites is 2. The first-order valence-electron chi connectivity index (χ1n) is 7.05. The molecule has 0 fully saturated rings. The molecule has 0 amide bonds. The summed E-state index contributed by atoms with van der Waals surface area (Å²) in [5.41, 5.74) is 4.89. The van der Waals surface area contributed by atoms with Crippen LogP contribution in [0.5, 0.6) is 0 Å². The second kappa shape index (κ2) is 4.95. The third-order valence-corrected chi connectivity index (χ3v) is 3.78. The third-order valence-electron chi connectivity index (χ3n) is 3.78. The molecule has 1 nitrogen and oxygen atoms in total. The summed E-state index contributed by atoms with van der Waals surface area (Å²) < 4.78 is 2.25. The van der Waals surface area contributed by atoms with E-state index in [-0.39, 0.29) is 0 Å². The maximum Gasteiger partial charge on any atom is 0.0534 e. The Balaban J connectivity index is 2.02. The van der Waals surface area contributed by atoms with Gasteiger partial charge in [0.05, 0.1) is 5.52 Å². The van der Waals surface area contributed by atoms with Crippen LogP contribution in [0.25, 0.3) is 27.7 Å². The molecule has 99 valence electrons. The molecule has 0 aliphatic heterocycles. The average molecular weight is 268 g/mol. The molecule has 0 spiro atoms. The van der Waals surface area contributed by atoms with Crippen LogP contribution in [0.2, 0.25) is 0 Å². The molecular weight excluding hydrogens is 254 g/mol. The Morgan fingerprint density at radius 2 is 1.43 bits per heavy atom. The average Bonchev–Trinajstić information content (AvgIpc) is 2.96. The van der Waals surface area contributed by atoms with Crippen molar-refractivity contribution in [3.63, 3.8) is 0 Å². The minimum Gasteiger partial charge on any atom is -0.316 e. The predicted octanol–water partition coefficient (Wildman–Crippen LogP) is 5.10. The van der Waals surface area contributed by atoms with Gasteiger partial charge in [0.15, 0.2) is 0 Å². The second-order valence-electron chi connectivity index (χ2n) is 5.05. The molecule has 0 saturated heterocycles. The molecule has 1 heteroatoms. The molecule has 4 aromatic rings. The number of fused-ring (bicyclic) bond motifs is 1. The zero-order chi connectivity index (χ0) is 14.1. The Morgan fingerprint density at radius 3 is 2.24 bits per heavy atom. The molecule has 0 N–H and O–H groups in total. The SMILES string of the molecule is [c]1ccc(-c2cn(-c3ccccc3)c3ccccc23)cc1. The quantitative estimate of drug-likeness (QED) is 0.477. The number of rotatable bonds is 2. The molecule has 1 heterocycles. The van der Waals surface area contributed by atoms with Crippen molar-refractivity contribution < 1.29 is 0 Å². The number of aromatic nitrogens is 1. The van der Waals surface area contributed by atoms with Crippen molar-refractivity contribution >= 4 is 10.9 Å². The molecule has 0 unspecified atom stereocenters. The number of benzene rings is 3. The standard InChI is InChI=1S/C20H14N/c1-3-9-16(10-4-1)19-15-21(17-11-5-2-6-12-17)20-14-8-7-13-18(19)20/h2-15H. The van der Waals surface area contributed by atoms with E-state index in [1.807, 2.05) is 18.2 Å². The lowest BCUT2D eigenvalue weighted by atomic mass is 10.1. The van der Waals surface area contributed by atoms with Gasteiger partial charge in [0.25, 0.3) is 0 Å². The molecule has 4 rings (SSSR count). The van der Waals surface area contributed by atoms with Crippen molar-refractivity contribution in [2.45, 2.75) is 0 Å².